The Hall–Kier alpha value is -3.19. The summed E-state index contributed by atoms with van der Waals surface area (Å²) in [5.74, 6) is 0.218. The molecule has 0 radical (unpaired) electrons. The second kappa shape index (κ2) is 8.74. The van der Waals surface area contributed by atoms with Crippen molar-refractivity contribution in [1.29, 1.82) is 0 Å². The Kier molecular flexibility index (Phi) is 5.66. The SMILES string of the molecule is Cc1ccc(CNC(=O)C2CCN(c3nn4cc(-c5ccc(C)cc5)nc4s3)CC2)cc1. The molecule has 2 aromatic heterocycles. The second-order valence-electron chi connectivity index (χ2n) is 8.57. The van der Waals surface area contributed by atoms with Gasteiger partial charge in [-0.25, -0.2) is 9.50 Å². The highest BCUT2D eigenvalue weighted by Crippen LogP contribution is 2.29. The van der Waals surface area contributed by atoms with E-state index in [9.17, 15) is 4.79 Å². The summed E-state index contributed by atoms with van der Waals surface area (Å²) >= 11 is 1.61. The molecule has 1 saturated heterocycles. The molecule has 3 heterocycles. The molecule has 4 aromatic rings. The van der Waals surface area contributed by atoms with Crippen LogP contribution < -0.4 is 10.2 Å². The summed E-state index contributed by atoms with van der Waals surface area (Å²) in [6, 6.07) is 16.7. The zero-order valence-electron chi connectivity index (χ0n) is 18.4. The first-order valence-corrected chi connectivity index (χ1v) is 11.9. The fourth-order valence-corrected chi connectivity index (χ4v) is 4.99. The molecule has 7 heteroatoms. The topological polar surface area (TPSA) is 62.5 Å². The van der Waals surface area contributed by atoms with Crippen LogP contribution in [0.25, 0.3) is 16.2 Å². The molecule has 5 rings (SSSR count). The number of aryl methyl sites for hydroxylation is 2. The summed E-state index contributed by atoms with van der Waals surface area (Å²) in [6.45, 7) is 6.42. The average Bonchev–Trinajstić information content (AvgIpc) is 3.39. The van der Waals surface area contributed by atoms with E-state index in [-0.39, 0.29) is 11.8 Å². The molecular weight excluding hydrogens is 418 g/mol. The van der Waals surface area contributed by atoms with Crippen molar-refractivity contribution in [2.75, 3.05) is 18.0 Å². The number of rotatable bonds is 5. The van der Waals surface area contributed by atoms with Gasteiger partial charge >= 0.3 is 0 Å². The van der Waals surface area contributed by atoms with Gasteiger partial charge in [0.15, 0.2) is 0 Å². The van der Waals surface area contributed by atoms with Gasteiger partial charge in [0.2, 0.25) is 16.0 Å². The van der Waals surface area contributed by atoms with E-state index in [2.05, 4.69) is 72.6 Å². The number of fused-ring (bicyclic) bond motifs is 1. The van der Waals surface area contributed by atoms with Crippen LogP contribution in [0.1, 0.15) is 29.5 Å². The Morgan fingerprint density at radius 1 is 1.03 bits per heavy atom. The van der Waals surface area contributed by atoms with Gasteiger partial charge in [0, 0.05) is 31.1 Å². The van der Waals surface area contributed by atoms with Crippen LogP contribution in [0.4, 0.5) is 5.13 Å². The van der Waals surface area contributed by atoms with Crippen molar-refractivity contribution in [3.8, 4) is 11.3 Å². The average molecular weight is 446 g/mol. The lowest BCUT2D eigenvalue weighted by molar-refractivity contribution is -0.125. The van der Waals surface area contributed by atoms with E-state index in [0.717, 1.165) is 52.8 Å². The molecule has 0 aliphatic carbocycles. The van der Waals surface area contributed by atoms with Crippen molar-refractivity contribution in [1.82, 2.24) is 19.9 Å². The fourth-order valence-electron chi connectivity index (χ4n) is 4.05. The summed E-state index contributed by atoms with van der Waals surface area (Å²) in [5.41, 5.74) is 5.65. The summed E-state index contributed by atoms with van der Waals surface area (Å²) in [5, 5.41) is 8.83. The molecule has 0 atom stereocenters. The monoisotopic (exact) mass is 445 g/mol. The highest BCUT2D eigenvalue weighted by Gasteiger charge is 2.26. The molecule has 0 saturated carbocycles. The molecular formula is C25H27N5OS. The minimum atomic E-state index is 0.0638. The molecule has 0 spiro atoms. The molecule has 164 valence electrons. The van der Waals surface area contributed by atoms with Gasteiger partial charge in [-0.05, 0) is 32.3 Å². The normalized spacial score (nSPS) is 14.8. The van der Waals surface area contributed by atoms with Gasteiger partial charge in [-0.3, -0.25) is 4.79 Å². The number of carbonyl (C=O) groups is 1. The number of piperidine rings is 1. The van der Waals surface area contributed by atoms with Gasteiger partial charge in [0.05, 0.1) is 11.9 Å². The zero-order chi connectivity index (χ0) is 22.1. The lowest BCUT2D eigenvalue weighted by atomic mass is 9.96. The quantitative estimate of drug-likeness (QED) is 0.487. The number of benzene rings is 2. The molecule has 6 nitrogen and oxygen atoms in total. The van der Waals surface area contributed by atoms with Crippen molar-refractivity contribution in [2.45, 2.75) is 33.2 Å². The number of nitrogens with zero attached hydrogens (tertiary/aromatic N) is 4. The maximum atomic E-state index is 12.6. The first-order valence-electron chi connectivity index (χ1n) is 11.1. The van der Waals surface area contributed by atoms with E-state index in [1.165, 1.54) is 11.1 Å². The Morgan fingerprint density at radius 3 is 2.34 bits per heavy atom. The van der Waals surface area contributed by atoms with Crippen molar-refractivity contribution >= 4 is 27.3 Å². The zero-order valence-corrected chi connectivity index (χ0v) is 19.2. The third-order valence-corrected chi connectivity index (χ3v) is 7.09. The Labute approximate surface area is 191 Å². The van der Waals surface area contributed by atoms with Crippen LogP contribution in [0.3, 0.4) is 0 Å². The van der Waals surface area contributed by atoms with Crippen LogP contribution in [0, 0.1) is 19.8 Å². The van der Waals surface area contributed by atoms with Gasteiger partial charge < -0.3 is 10.2 Å². The van der Waals surface area contributed by atoms with Gasteiger partial charge in [0.25, 0.3) is 0 Å². The standard InChI is InChI=1S/C25H27N5OS/c1-17-3-7-19(8-4-17)15-26-23(31)21-11-13-29(14-12-21)25-28-30-16-22(27-24(30)32-25)20-9-5-18(2)6-10-20/h3-10,16,21H,11-15H2,1-2H3,(H,26,31). The molecule has 1 aliphatic heterocycles. The van der Waals surface area contributed by atoms with E-state index in [1.54, 1.807) is 11.3 Å². The van der Waals surface area contributed by atoms with Crippen molar-refractivity contribution in [3.05, 3.63) is 71.4 Å². The van der Waals surface area contributed by atoms with Crippen molar-refractivity contribution in [3.63, 3.8) is 0 Å². The van der Waals surface area contributed by atoms with Crippen LogP contribution in [0.2, 0.25) is 0 Å². The largest absolute Gasteiger partial charge is 0.352 e. The van der Waals surface area contributed by atoms with Crippen LogP contribution in [0.5, 0.6) is 0 Å². The van der Waals surface area contributed by atoms with Crippen LogP contribution in [-0.4, -0.2) is 33.6 Å². The lowest BCUT2D eigenvalue weighted by Crippen LogP contribution is -2.40. The predicted octanol–water partition coefficient (Wildman–Crippen LogP) is 4.61. The highest BCUT2D eigenvalue weighted by atomic mass is 32.1. The molecule has 0 bridgehead atoms. The molecule has 2 aromatic carbocycles. The van der Waals surface area contributed by atoms with Crippen molar-refractivity contribution in [2.24, 2.45) is 5.92 Å². The molecule has 0 unspecified atom stereocenters. The number of imidazole rings is 1. The molecule has 1 N–H and O–H groups in total. The van der Waals surface area contributed by atoms with E-state index in [4.69, 9.17) is 10.1 Å². The van der Waals surface area contributed by atoms with Gasteiger partial charge in [-0.15, -0.1) is 5.10 Å². The predicted molar refractivity (Wildman–Crippen MR) is 129 cm³/mol. The molecule has 32 heavy (non-hydrogen) atoms. The summed E-state index contributed by atoms with van der Waals surface area (Å²) in [6.07, 6.45) is 3.68. The number of hydrogen-bond donors (Lipinski definition) is 1. The number of anilines is 1. The van der Waals surface area contributed by atoms with Gasteiger partial charge in [-0.2, -0.15) is 0 Å². The third kappa shape index (κ3) is 4.39. The number of amides is 1. The number of aromatic nitrogens is 3. The molecule has 1 amide bonds. The van der Waals surface area contributed by atoms with Gasteiger partial charge in [0.1, 0.15) is 0 Å². The van der Waals surface area contributed by atoms with Crippen LogP contribution >= 0.6 is 11.3 Å². The third-order valence-electron chi connectivity index (χ3n) is 6.10. The summed E-state index contributed by atoms with van der Waals surface area (Å²) < 4.78 is 1.87. The smallest absolute Gasteiger partial charge is 0.223 e. The van der Waals surface area contributed by atoms with Crippen LogP contribution in [-0.2, 0) is 11.3 Å². The number of hydrogen-bond acceptors (Lipinski definition) is 5. The van der Waals surface area contributed by atoms with Crippen LogP contribution in [0.15, 0.2) is 54.7 Å². The second-order valence-corrected chi connectivity index (χ2v) is 9.50. The molecule has 1 aliphatic rings. The Bertz CT molecular complexity index is 1190. The Morgan fingerprint density at radius 2 is 1.69 bits per heavy atom. The minimum absolute atomic E-state index is 0.0638. The minimum Gasteiger partial charge on any atom is -0.352 e. The van der Waals surface area contributed by atoms with Crippen molar-refractivity contribution < 1.29 is 4.79 Å². The highest BCUT2D eigenvalue weighted by molar-refractivity contribution is 7.20. The summed E-state index contributed by atoms with van der Waals surface area (Å²) in [4.78, 5) is 20.5. The van der Waals surface area contributed by atoms with E-state index < -0.39 is 0 Å². The first-order chi connectivity index (χ1) is 15.5. The van der Waals surface area contributed by atoms with E-state index in [1.807, 2.05) is 10.7 Å². The maximum absolute atomic E-state index is 12.6. The van der Waals surface area contributed by atoms with E-state index >= 15 is 0 Å². The first kappa shape index (κ1) is 20.7. The molecule has 1 fully saturated rings. The fraction of sp³-hybridized carbons (Fsp3) is 0.320. The summed E-state index contributed by atoms with van der Waals surface area (Å²) in [7, 11) is 0. The number of nitrogens with one attached hydrogen (secondary N) is 1. The Balaban J connectivity index is 1.17. The van der Waals surface area contributed by atoms with E-state index in [0.29, 0.717) is 6.54 Å². The lowest BCUT2D eigenvalue weighted by Gasteiger charge is -2.30. The maximum Gasteiger partial charge on any atom is 0.223 e. The number of carbonyl (C=O) groups excluding carboxylic acids is 1. The van der Waals surface area contributed by atoms with Gasteiger partial charge in [-0.1, -0.05) is 71.0 Å².